The van der Waals surface area contributed by atoms with Crippen molar-refractivity contribution in [3.63, 3.8) is 0 Å². The van der Waals surface area contributed by atoms with Crippen LogP contribution in [0.25, 0.3) is 0 Å². The van der Waals surface area contributed by atoms with Crippen LogP contribution in [0.5, 0.6) is 0 Å². The first-order chi connectivity index (χ1) is 19.2. The maximum Gasteiger partial charge on any atom is 0.472 e. The maximum absolute atomic E-state index is 12.4. The van der Waals surface area contributed by atoms with Crippen molar-refractivity contribution < 1.29 is 98.7 Å². The second kappa shape index (κ2) is 16.5. The van der Waals surface area contributed by atoms with Crippen LogP contribution in [0.3, 0.4) is 0 Å². The summed E-state index contributed by atoms with van der Waals surface area (Å²) in [4.78, 5) is 10.0. The van der Waals surface area contributed by atoms with Crippen molar-refractivity contribution in [2.45, 2.75) is 85.8 Å². The molecule has 41 heavy (non-hydrogen) atoms. The molecule has 0 aromatic heterocycles. The molecule has 13 N–H and O–H groups in total. The van der Waals surface area contributed by atoms with E-state index in [2.05, 4.69) is 4.52 Å². The van der Waals surface area contributed by atoms with Gasteiger partial charge in [0.15, 0.2) is 12.6 Å². The van der Waals surface area contributed by atoms with Crippen molar-refractivity contribution in [3.8, 4) is 0 Å². The van der Waals surface area contributed by atoms with E-state index in [-0.39, 0.29) is 0 Å². The van der Waals surface area contributed by atoms with Gasteiger partial charge in [0.25, 0.3) is 0 Å². The fourth-order valence-electron chi connectivity index (χ4n) is 3.78. The Morgan fingerprint density at radius 2 is 1.12 bits per heavy atom. The standard InChI is InChI=1S/C20H39O20P/c21-1-7(24)13(28)8(25)4-36-20-17(32)18(12(3-23)39-20)40-41(33,34)37-6-10(27)14(29)9(26)5-35-19-16(31)15(30)11(2-22)38-19/h7-32H,1-6H2,(H,33,34)/t7-,8+,9+,10-,11-,12-,13-,14+,15-,16-,17-,18-,19-,20-/m1/s1. The Bertz CT molecular complexity index is 809. The minimum atomic E-state index is -5.15. The van der Waals surface area contributed by atoms with Crippen molar-refractivity contribution in [2.75, 3.05) is 39.6 Å². The third-order valence-corrected chi connectivity index (χ3v) is 7.24. The lowest BCUT2D eigenvalue weighted by Crippen LogP contribution is -2.44. The molecule has 0 saturated carbocycles. The summed E-state index contributed by atoms with van der Waals surface area (Å²) in [6, 6.07) is 0. The van der Waals surface area contributed by atoms with Gasteiger partial charge in [-0.3, -0.25) is 9.05 Å². The zero-order valence-electron chi connectivity index (χ0n) is 21.4. The van der Waals surface area contributed by atoms with E-state index in [0.29, 0.717) is 0 Å². The molecule has 0 radical (unpaired) electrons. The molecular formula is C20H39O20P. The van der Waals surface area contributed by atoms with E-state index in [9.17, 15) is 60.5 Å². The van der Waals surface area contributed by atoms with Crippen molar-refractivity contribution >= 4 is 7.82 Å². The van der Waals surface area contributed by atoms with Gasteiger partial charge in [-0.15, -0.1) is 0 Å². The highest BCUT2D eigenvalue weighted by Crippen LogP contribution is 2.47. The predicted octanol–water partition coefficient (Wildman–Crippen LogP) is -7.80. The smallest absolute Gasteiger partial charge is 0.394 e. The van der Waals surface area contributed by atoms with Crippen LogP contribution in [0, 0.1) is 0 Å². The highest BCUT2D eigenvalue weighted by Gasteiger charge is 2.49. The number of ether oxygens (including phenoxy) is 4. The summed E-state index contributed by atoms with van der Waals surface area (Å²) >= 11 is 0. The monoisotopic (exact) mass is 630 g/mol. The van der Waals surface area contributed by atoms with Gasteiger partial charge in [0.05, 0.1) is 39.6 Å². The van der Waals surface area contributed by atoms with Crippen LogP contribution in [-0.2, 0) is 32.6 Å². The number of aliphatic hydroxyl groups excluding tert-OH is 12. The summed E-state index contributed by atoms with van der Waals surface area (Å²) < 4.78 is 42.1. The van der Waals surface area contributed by atoms with E-state index in [1.165, 1.54) is 0 Å². The molecule has 15 atom stereocenters. The Morgan fingerprint density at radius 3 is 1.61 bits per heavy atom. The Morgan fingerprint density at radius 1 is 0.659 bits per heavy atom. The van der Waals surface area contributed by atoms with Crippen LogP contribution in [-0.4, -0.2) is 192 Å². The lowest BCUT2D eigenvalue weighted by Gasteiger charge is -2.26. The first-order valence-electron chi connectivity index (χ1n) is 12.3. The maximum atomic E-state index is 12.4. The zero-order valence-corrected chi connectivity index (χ0v) is 22.3. The molecule has 1 unspecified atom stereocenters. The quantitative estimate of drug-likeness (QED) is 0.0625. The third kappa shape index (κ3) is 9.99. The summed E-state index contributed by atoms with van der Waals surface area (Å²) in [7, 11) is -5.15. The van der Waals surface area contributed by atoms with Gasteiger partial charge in [0, 0.05) is 0 Å². The van der Waals surface area contributed by atoms with Crippen LogP contribution >= 0.6 is 7.82 Å². The molecule has 0 aliphatic carbocycles. The van der Waals surface area contributed by atoms with Gasteiger partial charge in [-0.1, -0.05) is 0 Å². The van der Waals surface area contributed by atoms with Crippen molar-refractivity contribution in [2.24, 2.45) is 0 Å². The lowest BCUT2D eigenvalue weighted by molar-refractivity contribution is -0.194. The Hall–Kier alpha value is -0.530. The summed E-state index contributed by atoms with van der Waals surface area (Å²) in [5.74, 6) is 0. The molecule has 0 spiro atoms. The molecule has 2 heterocycles. The first-order valence-corrected chi connectivity index (χ1v) is 13.8. The van der Waals surface area contributed by atoms with Crippen LogP contribution in [0.2, 0.25) is 0 Å². The summed E-state index contributed by atoms with van der Waals surface area (Å²) in [5, 5.41) is 116. The highest BCUT2D eigenvalue weighted by atomic mass is 31.2. The fraction of sp³-hybridized carbons (Fsp3) is 1.00. The molecule has 0 amide bonds. The number of hydrogen-bond donors (Lipinski definition) is 13. The number of hydrogen-bond acceptors (Lipinski definition) is 19. The molecule has 2 fully saturated rings. The topological polar surface area (TPSA) is 335 Å². The molecule has 2 aliphatic heterocycles. The SMILES string of the molecule is O=P(O)(OC[C@@H](O)[C@@H](O)[C@@H](O)CO[C@@H]1O[C@H](CO)[C@@H](O)[C@H]1O)O[C@H]1[C@@H](O)[C@H](OC[C@H](O)[C@H](O)[C@H](O)CO)O[C@@H]1CO. The van der Waals surface area contributed by atoms with Gasteiger partial charge < -0.3 is 85.1 Å². The van der Waals surface area contributed by atoms with Gasteiger partial charge in [-0.05, 0) is 0 Å². The van der Waals surface area contributed by atoms with E-state index >= 15 is 0 Å². The largest absolute Gasteiger partial charge is 0.472 e. The number of phosphoric ester groups is 1. The molecule has 2 rings (SSSR count). The minimum absolute atomic E-state index is 0.636. The average molecular weight is 630 g/mol. The van der Waals surface area contributed by atoms with E-state index < -0.39 is 133 Å². The number of aliphatic hydroxyl groups is 12. The van der Waals surface area contributed by atoms with Crippen molar-refractivity contribution in [1.82, 2.24) is 0 Å². The van der Waals surface area contributed by atoms with Gasteiger partial charge in [-0.2, -0.15) is 0 Å². The molecule has 244 valence electrons. The Kier molecular flexibility index (Phi) is 14.8. The van der Waals surface area contributed by atoms with Crippen LogP contribution in [0.15, 0.2) is 0 Å². The second-order valence-electron chi connectivity index (χ2n) is 9.36. The lowest BCUT2D eigenvalue weighted by atomic mass is 10.1. The van der Waals surface area contributed by atoms with E-state index in [1.54, 1.807) is 0 Å². The summed E-state index contributed by atoms with van der Waals surface area (Å²) in [5.41, 5.74) is 0. The van der Waals surface area contributed by atoms with Crippen LogP contribution < -0.4 is 0 Å². The predicted molar refractivity (Wildman–Crippen MR) is 125 cm³/mol. The Labute approximate surface area is 232 Å². The third-order valence-electron chi connectivity index (χ3n) is 6.26. The van der Waals surface area contributed by atoms with Gasteiger partial charge >= 0.3 is 7.82 Å². The molecule has 2 aliphatic rings. The van der Waals surface area contributed by atoms with Crippen molar-refractivity contribution in [3.05, 3.63) is 0 Å². The van der Waals surface area contributed by atoms with Gasteiger partial charge in [-0.25, -0.2) is 4.57 Å². The zero-order chi connectivity index (χ0) is 31.1. The molecule has 21 heteroatoms. The first kappa shape index (κ1) is 36.7. The average Bonchev–Trinajstić information content (AvgIpc) is 3.40. The number of phosphoric acid groups is 1. The molecule has 0 aromatic rings. The molecular weight excluding hydrogens is 591 g/mol. The van der Waals surface area contributed by atoms with Crippen molar-refractivity contribution in [1.29, 1.82) is 0 Å². The highest BCUT2D eigenvalue weighted by molar-refractivity contribution is 7.47. The fourth-order valence-corrected chi connectivity index (χ4v) is 4.75. The number of rotatable bonds is 18. The summed E-state index contributed by atoms with van der Waals surface area (Å²) in [6.07, 6.45) is -23.6. The Balaban J connectivity index is 1.84. The molecule has 0 bridgehead atoms. The van der Waals surface area contributed by atoms with E-state index in [0.717, 1.165) is 0 Å². The second-order valence-corrected chi connectivity index (χ2v) is 10.8. The van der Waals surface area contributed by atoms with Crippen LogP contribution in [0.1, 0.15) is 0 Å². The van der Waals surface area contributed by atoms with Gasteiger partial charge in [0.2, 0.25) is 0 Å². The normalized spacial score (nSPS) is 36.4. The minimum Gasteiger partial charge on any atom is -0.394 e. The molecule has 0 aromatic carbocycles. The van der Waals surface area contributed by atoms with Gasteiger partial charge in [0.1, 0.15) is 73.2 Å². The molecule has 20 nitrogen and oxygen atoms in total. The van der Waals surface area contributed by atoms with Crippen LogP contribution in [0.4, 0.5) is 0 Å². The molecule has 2 saturated heterocycles. The summed E-state index contributed by atoms with van der Waals surface area (Å²) in [6.45, 7) is -4.98. The van der Waals surface area contributed by atoms with E-state index in [1.807, 2.05) is 0 Å². The van der Waals surface area contributed by atoms with E-state index in [4.69, 9.17) is 33.7 Å².